The summed E-state index contributed by atoms with van der Waals surface area (Å²) in [7, 11) is 0. The molecule has 2 aromatic carbocycles. The van der Waals surface area contributed by atoms with E-state index in [1.54, 1.807) is 0 Å². The number of nitrogens with zero attached hydrogens (tertiary/aromatic N) is 2. The van der Waals surface area contributed by atoms with Crippen molar-refractivity contribution < 1.29 is 4.79 Å². The number of halogens is 1. The van der Waals surface area contributed by atoms with Crippen LogP contribution < -0.4 is 5.32 Å². The van der Waals surface area contributed by atoms with Gasteiger partial charge < -0.3 is 5.32 Å². The third-order valence-corrected chi connectivity index (χ3v) is 7.14. The van der Waals surface area contributed by atoms with E-state index in [0.29, 0.717) is 6.54 Å². The quantitative estimate of drug-likeness (QED) is 0.633. The molecular formula is C27H36ClN3O. The second-order valence-corrected chi connectivity index (χ2v) is 10.1. The third-order valence-electron chi connectivity index (χ3n) is 6.88. The zero-order valence-corrected chi connectivity index (χ0v) is 20.0. The van der Waals surface area contributed by atoms with Crippen molar-refractivity contribution in [1.29, 1.82) is 0 Å². The van der Waals surface area contributed by atoms with Gasteiger partial charge in [0.15, 0.2) is 0 Å². The van der Waals surface area contributed by atoms with Crippen molar-refractivity contribution in [1.82, 2.24) is 15.1 Å². The zero-order valence-electron chi connectivity index (χ0n) is 19.2. The Kier molecular flexibility index (Phi) is 8.23. The number of rotatable bonds is 7. The Hall–Kier alpha value is -1.88. The SMILES string of the molecule is CC1CCCN(Cc2cccc(CNC(=O)C3CCN(Cc4ccc(Cl)cc4)CC3)c2)C1. The van der Waals surface area contributed by atoms with Crippen LogP contribution in [-0.4, -0.2) is 41.9 Å². The minimum Gasteiger partial charge on any atom is -0.352 e. The van der Waals surface area contributed by atoms with Crippen molar-refractivity contribution in [2.75, 3.05) is 26.2 Å². The number of nitrogens with one attached hydrogen (secondary N) is 1. The summed E-state index contributed by atoms with van der Waals surface area (Å²) in [6, 6.07) is 16.8. The first-order chi connectivity index (χ1) is 15.5. The fourth-order valence-corrected chi connectivity index (χ4v) is 5.19. The number of hydrogen-bond acceptors (Lipinski definition) is 3. The van der Waals surface area contributed by atoms with E-state index < -0.39 is 0 Å². The Bertz CT molecular complexity index is 877. The van der Waals surface area contributed by atoms with Crippen LogP contribution in [0.2, 0.25) is 5.02 Å². The van der Waals surface area contributed by atoms with Gasteiger partial charge in [-0.2, -0.15) is 0 Å². The van der Waals surface area contributed by atoms with Crippen molar-refractivity contribution in [3.05, 3.63) is 70.2 Å². The van der Waals surface area contributed by atoms with Crippen molar-refractivity contribution in [2.24, 2.45) is 11.8 Å². The van der Waals surface area contributed by atoms with Crippen molar-refractivity contribution in [3.8, 4) is 0 Å². The summed E-state index contributed by atoms with van der Waals surface area (Å²) in [6.45, 7) is 9.22. The van der Waals surface area contributed by atoms with E-state index >= 15 is 0 Å². The summed E-state index contributed by atoms with van der Waals surface area (Å²) in [4.78, 5) is 17.7. The normalized spacial score (nSPS) is 20.9. The summed E-state index contributed by atoms with van der Waals surface area (Å²) in [5, 5.41) is 3.97. The first-order valence-electron chi connectivity index (χ1n) is 12.1. The molecule has 32 heavy (non-hydrogen) atoms. The van der Waals surface area contributed by atoms with Gasteiger partial charge in [-0.05, 0) is 80.1 Å². The lowest BCUT2D eigenvalue weighted by Crippen LogP contribution is -2.40. The molecule has 1 unspecified atom stereocenters. The van der Waals surface area contributed by atoms with E-state index in [2.05, 4.69) is 58.4 Å². The predicted molar refractivity (Wildman–Crippen MR) is 131 cm³/mol. The van der Waals surface area contributed by atoms with Gasteiger partial charge in [0.1, 0.15) is 0 Å². The Morgan fingerprint density at radius 2 is 1.66 bits per heavy atom. The lowest BCUT2D eigenvalue weighted by molar-refractivity contribution is -0.126. The Balaban J connectivity index is 1.21. The zero-order chi connectivity index (χ0) is 22.3. The summed E-state index contributed by atoms with van der Waals surface area (Å²) < 4.78 is 0. The molecule has 0 saturated carbocycles. The van der Waals surface area contributed by atoms with Gasteiger partial charge in [0.25, 0.3) is 0 Å². The molecular weight excluding hydrogens is 418 g/mol. The van der Waals surface area contributed by atoms with Gasteiger partial charge in [-0.25, -0.2) is 0 Å². The first-order valence-corrected chi connectivity index (χ1v) is 12.5. The largest absolute Gasteiger partial charge is 0.352 e. The lowest BCUT2D eigenvalue weighted by atomic mass is 9.95. The molecule has 172 valence electrons. The van der Waals surface area contributed by atoms with Gasteiger partial charge in [-0.1, -0.05) is 54.9 Å². The lowest BCUT2D eigenvalue weighted by Gasteiger charge is -2.31. The molecule has 0 spiro atoms. The van der Waals surface area contributed by atoms with E-state index in [1.165, 1.54) is 42.6 Å². The highest BCUT2D eigenvalue weighted by molar-refractivity contribution is 6.30. The molecule has 1 N–H and O–H groups in total. The highest BCUT2D eigenvalue weighted by Gasteiger charge is 2.25. The van der Waals surface area contributed by atoms with Crippen LogP contribution in [0.5, 0.6) is 0 Å². The monoisotopic (exact) mass is 453 g/mol. The molecule has 4 rings (SSSR count). The molecule has 2 heterocycles. The van der Waals surface area contributed by atoms with Crippen LogP contribution in [-0.2, 0) is 24.4 Å². The fraction of sp³-hybridized carbons (Fsp3) is 0.519. The Morgan fingerprint density at radius 3 is 2.41 bits per heavy atom. The predicted octanol–water partition coefficient (Wildman–Crippen LogP) is 5.10. The molecule has 0 bridgehead atoms. The fourth-order valence-electron chi connectivity index (χ4n) is 5.06. The number of likely N-dealkylation sites (tertiary alicyclic amines) is 2. The van der Waals surface area contributed by atoms with E-state index in [4.69, 9.17) is 11.6 Å². The summed E-state index contributed by atoms with van der Waals surface area (Å²) in [5.74, 6) is 1.12. The number of carbonyl (C=O) groups excluding carboxylic acids is 1. The first kappa shape index (κ1) is 23.3. The molecule has 1 atom stereocenters. The van der Waals surface area contributed by atoms with Gasteiger partial charge in [-0.3, -0.25) is 14.6 Å². The standard InChI is InChI=1S/C27H36ClN3O/c1-21-4-3-13-31(18-21)20-24-6-2-5-23(16-24)17-29-27(32)25-11-14-30(15-12-25)19-22-7-9-26(28)10-8-22/h2,5-10,16,21,25H,3-4,11-15,17-20H2,1H3,(H,29,32). The van der Waals surface area contributed by atoms with Gasteiger partial charge in [0.05, 0.1) is 0 Å². The van der Waals surface area contributed by atoms with Crippen LogP contribution in [0.25, 0.3) is 0 Å². The molecule has 0 radical (unpaired) electrons. The highest BCUT2D eigenvalue weighted by atomic mass is 35.5. The molecule has 2 fully saturated rings. The van der Waals surface area contributed by atoms with Gasteiger partial charge in [-0.15, -0.1) is 0 Å². The molecule has 2 aromatic rings. The number of hydrogen-bond donors (Lipinski definition) is 1. The van der Waals surface area contributed by atoms with E-state index in [0.717, 1.165) is 50.0 Å². The molecule has 1 amide bonds. The third kappa shape index (κ3) is 6.81. The van der Waals surface area contributed by atoms with Gasteiger partial charge >= 0.3 is 0 Å². The number of amides is 1. The summed E-state index contributed by atoms with van der Waals surface area (Å²) in [6.07, 6.45) is 4.50. The average Bonchev–Trinajstić information content (AvgIpc) is 2.80. The van der Waals surface area contributed by atoms with Crippen LogP contribution in [0.3, 0.4) is 0 Å². The van der Waals surface area contributed by atoms with Crippen molar-refractivity contribution in [3.63, 3.8) is 0 Å². The Morgan fingerprint density at radius 1 is 0.938 bits per heavy atom. The average molecular weight is 454 g/mol. The van der Waals surface area contributed by atoms with Crippen LogP contribution in [0.4, 0.5) is 0 Å². The minimum atomic E-state index is 0.120. The van der Waals surface area contributed by atoms with E-state index in [1.807, 2.05) is 12.1 Å². The summed E-state index contributed by atoms with van der Waals surface area (Å²) in [5.41, 5.74) is 3.82. The number of benzene rings is 2. The number of carbonyl (C=O) groups is 1. The maximum atomic E-state index is 12.8. The van der Waals surface area contributed by atoms with Gasteiger partial charge in [0, 0.05) is 37.1 Å². The highest BCUT2D eigenvalue weighted by Crippen LogP contribution is 2.21. The van der Waals surface area contributed by atoms with Gasteiger partial charge in [0.2, 0.25) is 5.91 Å². The van der Waals surface area contributed by atoms with Crippen molar-refractivity contribution in [2.45, 2.75) is 52.2 Å². The Labute approximate surface area is 197 Å². The molecule has 4 nitrogen and oxygen atoms in total. The molecule has 2 aliphatic rings. The van der Waals surface area contributed by atoms with E-state index in [9.17, 15) is 4.79 Å². The van der Waals surface area contributed by atoms with Crippen LogP contribution in [0.15, 0.2) is 48.5 Å². The number of piperidine rings is 2. The van der Waals surface area contributed by atoms with Crippen LogP contribution in [0, 0.1) is 11.8 Å². The molecule has 0 aliphatic carbocycles. The molecule has 5 heteroatoms. The minimum absolute atomic E-state index is 0.120. The van der Waals surface area contributed by atoms with Crippen LogP contribution >= 0.6 is 11.6 Å². The second-order valence-electron chi connectivity index (χ2n) is 9.70. The van der Waals surface area contributed by atoms with Crippen molar-refractivity contribution >= 4 is 17.5 Å². The smallest absolute Gasteiger partial charge is 0.223 e. The molecule has 2 saturated heterocycles. The topological polar surface area (TPSA) is 35.6 Å². The molecule has 2 aliphatic heterocycles. The maximum Gasteiger partial charge on any atom is 0.223 e. The van der Waals surface area contributed by atoms with E-state index in [-0.39, 0.29) is 11.8 Å². The summed E-state index contributed by atoms with van der Waals surface area (Å²) >= 11 is 5.98. The maximum absolute atomic E-state index is 12.8. The second kappa shape index (κ2) is 11.3. The molecule has 0 aromatic heterocycles. The van der Waals surface area contributed by atoms with Crippen LogP contribution in [0.1, 0.15) is 49.3 Å².